The van der Waals surface area contributed by atoms with Crippen LogP contribution in [0.3, 0.4) is 0 Å². The summed E-state index contributed by atoms with van der Waals surface area (Å²) >= 11 is 6.15. The fraction of sp³-hybridized carbons (Fsp3) is 0.571. The van der Waals surface area contributed by atoms with Gasteiger partial charge in [-0.15, -0.1) is 11.6 Å². The molecule has 1 saturated heterocycles. The Labute approximate surface area is 120 Å². The van der Waals surface area contributed by atoms with Crippen molar-refractivity contribution in [3.05, 3.63) is 29.3 Å². The van der Waals surface area contributed by atoms with Crippen LogP contribution in [0.25, 0.3) is 0 Å². The van der Waals surface area contributed by atoms with Crippen molar-refractivity contribution in [2.24, 2.45) is 5.92 Å². The van der Waals surface area contributed by atoms with Crippen molar-refractivity contribution in [1.29, 1.82) is 0 Å². The van der Waals surface area contributed by atoms with Crippen molar-refractivity contribution in [1.82, 2.24) is 4.31 Å². The van der Waals surface area contributed by atoms with Gasteiger partial charge in [0.1, 0.15) is 0 Å². The van der Waals surface area contributed by atoms with Gasteiger partial charge in [0.15, 0.2) is 0 Å². The summed E-state index contributed by atoms with van der Waals surface area (Å²) < 4.78 is 26.7. The lowest BCUT2D eigenvalue weighted by Crippen LogP contribution is -2.43. The van der Waals surface area contributed by atoms with Crippen LogP contribution in [0.2, 0.25) is 0 Å². The lowest BCUT2D eigenvalue weighted by molar-refractivity contribution is 0.286. The van der Waals surface area contributed by atoms with E-state index in [0.29, 0.717) is 24.4 Å². The molecule has 2 unspecified atom stereocenters. The molecule has 1 aromatic rings. The molecule has 0 amide bonds. The number of hydrogen-bond donors (Lipinski definition) is 0. The Morgan fingerprint density at radius 1 is 1.26 bits per heavy atom. The van der Waals surface area contributed by atoms with E-state index in [-0.39, 0.29) is 11.3 Å². The van der Waals surface area contributed by atoms with Crippen LogP contribution < -0.4 is 0 Å². The highest BCUT2D eigenvalue weighted by atomic mass is 35.5. The molecule has 0 aromatic heterocycles. The lowest BCUT2D eigenvalue weighted by atomic mass is 10.0. The first-order valence-electron chi connectivity index (χ1n) is 6.54. The van der Waals surface area contributed by atoms with Crippen molar-refractivity contribution in [3.8, 4) is 0 Å². The van der Waals surface area contributed by atoms with E-state index in [1.54, 1.807) is 16.4 Å². The van der Waals surface area contributed by atoms with Gasteiger partial charge in [-0.2, -0.15) is 4.31 Å². The van der Waals surface area contributed by atoms with Crippen LogP contribution >= 0.6 is 11.6 Å². The first-order valence-corrected chi connectivity index (χ1v) is 8.41. The van der Waals surface area contributed by atoms with Gasteiger partial charge in [-0.1, -0.05) is 13.0 Å². The smallest absolute Gasteiger partial charge is 0.207 e. The van der Waals surface area contributed by atoms with Crippen molar-refractivity contribution in [3.63, 3.8) is 0 Å². The van der Waals surface area contributed by atoms with Crippen LogP contribution in [0.1, 0.15) is 24.5 Å². The second-order valence-electron chi connectivity index (χ2n) is 5.39. The van der Waals surface area contributed by atoms with Gasteiger partial charge in [-0.05, 0) is 49.4 Å². The third kappa shape index (κ3) is 2.96. The number of sulfonamides is 1. The Kier molecular flexibility index (Phi) is 4.23. The maximum Gasteiger partial charge on any atom is 0.243 e. The van der Waals surface area contributed by atoms with E-state index in [2.05, 4.69) is 0 Å². The van der Waals surface area contributed by atoms with Crippen LogP contribution in [-0.4, -0.2) is 31.2 Å². The maximum absolute atomic E-state index is 12.6. The molecule has 19 heavy (non-hydrogen) atoms. The summed E-state index contributed by atoms with van der Waals surface area (Å²) in [6.07, 6.45) is 0.715. The molecule has 1 fully saturated rings. The van der Waals surface area contributed by atoms with Crippen LogP contribution in [0.5, 0.6) is 0 Å². The van der Waals surface area contributed by atoms with E-state index in [9.17, 15) is 8.42 Å². The topological polar surface area (TPSA) is 37.4 Å². The van der Waals surface area contributed by atoms with E-state index in [4.69, 9.17) is 11.6 Å². The summed E-state index contributed by atoms with van der Waals surface area (Å²) in [6.45, 7) is 6.92. The summed E-state index contributed by atoms with van der Waals surface area (Å²) in [5.41, 5.74) is 2.10. The molecule has 1 aliphatic rings. The molecule has 0 saturated carbocycles. The van der Waals surface area contributed by atoms with Gasteiger partial charge >= 0.3 is 0 Å². The highest BCUT2D eigenvalue weighted by Crippen LogP contribution is 2.27. The Morgan fingerprint density at radius 2 is 1.95 bits per heavy atom. The number of piperidine rings is 1. The largest absolute Gasteiger partial charge is 0.243 e. The zero-order valence-corrected chi connectivity index (χ0v) is 13.1. The Bertz CT molecular complexity index is 571. The summed E-state index contributed by atoms with van der Waals surface area (Å²) in [7, 11) is -3.38. The first kappa shape index (κ1) is 14.8. The zero-order valence-electron chi connectivity index (χ0n) is 11.6. The van der Waals surface area contributed by atoms with E-state index >= 15 is 0 Å². The lowest BCUT2D eigenvalue weighted by Gasteiger charge is -2.33. The molecule has 0 N–H and O–H groups in total. The third-order valence-corrected chi connectivity index (χ3v) is 6.39. The van der Waals surface area contributed by atoms with Crippen LogP contribution in [-0.2, 0) is 10.0 Å². The average molecular weight is 302 g/mol. The van der Waals surface area contributed by atoms with Gasteiger partial charge < -0.3 is 0 Å². The molecule has 3 nitrogen and oxygen atoms in total. The van der Waals surface area contributed by atoms with Crippen LogP contribution in [0.15, 0.2) is 23.1 Å². The maximum atomic E-state index is 12.6. The normalized spacial score (nSPS) is 25.5. The number of benzene rings is 1. The minimum absolute atomic E-state index is 0.0752. The van der Waals surface area contributed by atoms with Crippen LogP contribution in [0.4, 0.5) is 0 Å². The SMILES string of the molecule is Cc1ccc(S(=O)(=O)N2CCC(Cl)C(C)C2)cc1C. The molecule has 0 spiro atoms. The number of aryl methyl sites for hydroxylation is 2. The second-order valence-corrected chi connectivity index (χ2v) is 7.89. The van der Waals surface area contributed by atoms with Gasteiger partial charge in [0.2, 0.25) is 10.0 Å². The molecular formula is C14H20ClNO2S. The van der Waals surface area contributed by atoms with Crippen molar-refractivity contribution >= 4 is 21.6 Å². The summed E-state index contributed by atoms with van der Waals surface area (Å²) in [5, 5.41) is 0.0752. The number of hydrogen-bond acceptors (Lipinski definition) is 2. The van der Waals surface area contributed by atoms with Crippen molar-refractivity contribution in [2.45, 2.75) is 37.5 Å². The van der Waals surface area contributed by atoms with E-state index in [1.807, 2.05) is 26.8 Å². The molecule has 106 valence electrons. The molecule has 2 rings (SSSR count). The fourth-order valence-corrected chi connectivity index (χ4v) is 4.14. The van der Waals surface area contributed by atoms with Gasteiger partial charge in [0, 0.05) is 18.5 Å². The summed E-state index contributed by atoms with van der Waals surface area (Å²) in [4.78, 5) is 0.385. The molecule has 1 aliphatic heterocycles. The molecule has 1 heterocycles. The average Bonchev–Trinajstić information content (AvgIpc) is 2.35. The van der Waals surface area contributed by atoms with Crippen molar-refractivity contribution < 1.29 is 8.42 Å². The van der Waals surface area contributed by atoms with Gasteiger partial charge in [0.25, 0.3) is 0 Å². The number of alkyl halides is 1. The molecular weight excluding hydrogens is 282 g/mol. The summed E-state index contributed by atoms with van der Waals surface area (Å²) in [6, 6.07) is 5.30. The Morgan fingerprint density at radius 3 is 2.53 bits per heavy atom. The minimum Gasteiger partial charge on any atom is -0.207 e. The first-order chi connectivity index (χ1) is 8.82. The third-order valence-electron chi connectivity index (χ3n) is 3.88. The highest BCUT2D eigenvalue weighted by molar-refractivity contribution is 7.89. The van der Waals surface area contributed by atoms with Gasteiger partial charge in [0.05, 0.1) is 4.90 Å². The van der Waals surface area contributed by atoms with E-state index in [0.717, 1.165) is 11.1 Å². The summed E-state index contributed by atoms with van der Waals surface area (Å²) in [5.74, 6) is 0.191. The molecule has 0 aliphatic carbocycles. The van der Waals surface area contributed by atoms with E-state index in [1.165, 1.54) is 0 Å². The Balaban J connectivity index is 2.29. The van der Waals surface area contributed by atoms with Gasteiger partial charge in [-0.25, -0.2) is 8.42 Å². The number of nitrogens with zero attached hydrogens (tertiary/aromatic N) is 1. The van der Waals surface area contributed by atoms with E-state index < -0.39 is 10.0 Å². The van der Waals surface area contributed by atoms with Crippen LogP contribution in [0, 0.1) is 19.8 Å². The predicted octanol–water partition coefficient (Wildman–Crippen LogP) is 2.94. The standard InChI is InChI=1S/C14H20ClNO2S/c1-10-4-5-13(8-11(10)2)19(17,18)16-7-6-14(15)12(3)9-16/h4-5,8,12,14H,6-7,9H2,1-3H3. The fourth-order valence-electron chi connectivity index (χ4n) is 2.32. The molecule has 2 atom stereocenters. The Hall–Kier alpha value is -0.580. The predicted molar refractivity (Wildman–Crippen MR) is 78.1 cm³/mol. The monoisotopic (exact) mass is 301 g/mol. The van der Waals surface area contributed by atoms with Crippen molar-refractivity contribution in [2.75, 3.05) is 13.1 Å². The second kappa shape index (κ2) is 5.43. The van der Waals surface area contributed by atoms with Gasteiger partial charge in [-0.3, -0.25) is 0 Å². The molecule has 0 bridgehead atoms. The number of halogens is 1. The highest BCUT2D eigenvalue weighted by Gasteiger charge is 2.32. The molecule has 5 heteroatoms. The quantitative estimate of drug-likeness (QED) is 0.788. The number of rotatable bonds is 2. The molecule has 1 aromatic carbocycles. The molecule has 0 radical (unpaired) electrons. The minimum atomic E-state index is -3.38. The zero-order chi connectivity index (χ0) is 14.2.